The van der Waals surface area contributed by atoms with Crippen LogP contribution in [0, 0.1) is 6.92 Å². The third kappa shape index (κ3) is 4.23. The van der Waals surface area contributed by atoms with Crippen LogP contribution in [0.3, 0.4) is 0 Å². The summed E-state index contributed by atoms with van der Waals surface area (Å²) in [5.74, 6) is 1.84. The number of anilines is 1. The van der Waals surface area contributed by atoms with Crippen LogP contribution in [0.25, 0.3) is 0 Å². The lowest BCUT2D eigenvalue weighted by Crippen LogP contribution is -2.14. The maximum Gasteiger partial charge on any atom is 0.257 e. The highest BCUT2D eigenvalue weighted by molar-refractivity contribution is 8.01. The van der Waals surface area contributed by atoms with Crippen LogP contribution in [0.1, 0.15) is 48.2 Å². The van der Waals surface area contributed by atoms with E-state index in [9.17, 15) is 4.79 Å². The fraction of sp³-hybridized carbons (Fsp3) is 0.438. The van der Waals surface area contributed by atoms with E-state index in [0.29, 0.717) is 10.7 Å². The molecule has 1 aromatic carbocycles. The van der Waals surface area contributed by atoms with E-state index in [1.165, 1.54) is 11.3 Å². The number of amides is 1. The number of nitrogens with one attached hydrogen (secondary N) is 1. The molecule has 0 saturated carbocycles. The van der Waals surface area contributed by atoms with E-state index in [1.54, 1.807) is 18.9 Å². The second kappa shape index (κ2) is 7.79. The molecule has 0 spiro atoms. The lowest BCUT2D eigenvalue weighted by atomic mass is 9.96. The zero-order chi connectivity index (χ0) is 17.0. The molecule has 0 bridgehead atoms. The van der Waals surface area contributed by atoms with Gasteiger partial charge in [-0.2, -0.15) is 0 Å². The Kier molecular flexibility index (Phi) is 6.01. The lowest BCUT2D eigenvalue weighted by molar-refractivity contribution is 0.102. The van der Waals surface area contributed by atoms with Gasteiger partial charge in [-0.25, -0.2) is 0 Å². The number of hydrogen-bond donors (Lipinski definition) is 1. The van der Waals surface area contributed by atoms with Gasteiger partial charge in [0.15, 0.2) is 4.34 Å². The molecule has 0 aliphatic heterocycles. The summed E-state index contributed by atoms with van der Waals surface area (Å²) in [6.07, 6.45) is 0. The highest BCUT2D eigenvalue weighted by Gasteiger charge is 2.17. The van der Waals surface area contributed by atoms with E-state index in [0.717, 1.165) is 27.0 Å². The molecule has 2 aromatic rings. The third-order valence-corrected chi connectivity index (χ3v) is 5.19. The van der Waals surface area contributed by atoms with Gasteiger partial charge in [0.05, 0.1) is 7.11 Å². The quantitative estimate of drug-likeness (QED) is 0.619. The van der Waals surface area contributed by atoms with Crippen molar-refractivity contribution < 1.29 is 9.53 Å². The molecule has 0 aliphatic rings. The topological polar surface area (TPSA) is 64.1 Å². The monoisotopic (exact) mass is 351 g/mol. The van der Waals surface area contributed by atoms with Crippen LogP contribution in [0.5, 0.6) is 5.75 Å². The van der Waals surface area contributed by atoms with Crippen LogP contribution in [-0.4, -0.2) is 29.0 Å². The van der Waals surface area contributed by atoms with E-state index in [4.69, 9.17) is 4.74 Å². The van der Waals surface area contributed by atoms with E-state index in [-0.39, 0.29) is 11.8 Å². The Balaban J connectivity index is 2.25. The zero-order valence-electron chi connectivity index (χ0n) is 14.0. The van der Waals surface area contributed by atoms with Crippen molar-refractivity contribution in [1.29, 1.82) is 0 Å². The second-order valence-corrected chi connectivity index (χ2v) is 7.81. The number of thioether (sulfide) groups is 1. The fourth-order valence-electron chi connectivity index (χ4n) is 2.18. The molecular weight excluding hydrogens is 330 g/mol. The number of methoxy groups -OCH3 is 1. The van der Waals surface area contributed by atoms with Gasteiger partial charge < -0.3 is 4.74 Å². The standard InChI is InChI=1S/C16H21N3O2S2/c1-6-22-16-19-18-15(23-16)17-14(20)12-8-11(9(2)3)13(21-5)7-10(12)4/h7-9H,6H2,1-5H3,(H,17,18,20). The van der Waals surface area contributed by atoms with Gasteiger partial charge in [0.25, 0.3) is 5.91 Å². The molecule has 7 heteroatoms. The minimum Gasteiger partial charge on any atom is -0.496 e. The Morgan fingerprint density at radius 1 is 1.39 bits per heavy atom. The normalized spacial score (nSPS) is 10.9. The molecule has 124 valence electrons. The Labute approximate surface area is 144 Å². The molecule has 1 amide bonds. The van der Waals surface area contributed by atoms with E-state index >= 15 is 0 Å². The van der Waals surface area contributed by atoms with E-state index in [1.807, 2.05) is 19.1 Å². The van der Waals surface area contributed by atoms with Crippen LogP contribution in [0.4, 0.5) is 5.13 Å². The largest absolute Gasteiger partial charge is 0.496 e. The lowest BCUT2D eigenvalue weighted by Gasteiger charge is -2.15. The highest BCUT2D eigenvalue weighted by Crippen LogP contribution is 2.30. The van der Waals surface area contributed by atoms with Crippen molar-refractivity contribution in [3.05, 3.63) is 28.8 Å². The summed E-state index contributed by atoms with van der Waals surface area (Å²) in [6, 6.07) is 3.81. The van der Waals surface area contributed by atoms with Crippen molar-refractivity contribution in [2.24, 2.45) is 0 Å². The molecule has 5 nitrogen and oxygen atoms in total. The minimum absolute atomic E-state index is 0.170. The summed E-state index contributed by atoms with van der Waals surface area (Å²) >= 11 is 3.00. The molecule has 0 radical (unpaired) electrons. The molecule has 2 rings (SSSR count). The van der Waals surface area contributed by atoms with Gasteiger partial charge in [0.2, 0.25) is 5.13 Å². The number of hydrogen-bond acceptors (Lipinski definition) is 6. The van der Waals surface area contributed by atoms with Gasteiger partial charge in [0.1, 0.15) is 5.75 Å². The predicted octanol–water partition coefficient (Wildman–Crippen LogP) is 4.34. The van der Waals surface area contributed by atoms with Gasteiger partial charge in [-0.3, -0.25) is 10.1 Å². The van der Waals surface area contributed by atoms with Crippen LogP contribution in [0.15, 0.2) is 16.5 Å². The van der Waals surface area contributed by atoms with Gasteiger partial charge >= 0.3 is 0 Å². The molecule has 0 atom stereocenters. The van der Waals surface area contributed by atoms with Crippen molar-refractivity contribution in [1.82, 2.24) is 10.2 Å². The van der Waals surface area contributed by atoms with Crippen molar-refractivity contribution >= 4 is 34.1 Å². The van der Waals surface area contributed by atoms with Gasteiger partial charge in [-0.05, 0) is 41.9 Å². The fourth-order valence-corrected chi connectivity index (χ4v) is 3.82. The average molecular weight is 351 g/mol. The number of carbonyl (C=O) groups excluding carboxylic acids is 1. The molecule has 0 fully saturated rings. The molecule has 0 saturated heterocycles. The molecule has 0 aliphatic carbocycles. The number of ether oxygens (including phenoxy) is 1. The smallest absolute Gasteiger partial charge is 0.257 e. The van der Waals surface area contributed by atoms with E-state index < -0.39 is 0 Å². The Morgan fingerprint density at radius 2 is 2.13 bits per heavy atom. The number of rotatable bonds is 6. The minimum atomic E-state index is -0.170. The van der Waals surface area contributed by atoms with Crippen molar-refractivity contribution in [2.45, 2.75) is 38.0 Å². The predicted molar refractivity (Wildman–Crippen MR) is 96.1 cm³/mol. The first-order valence-corrected chi connectivity index (χ1v) is 9.22. The Bertz CT molecular complexity index is 699. The second-order valence-electron chi connectivity index (χ2n) is 5.32. The maximum absolute atomic E-state index is 12.6. The SMILES string of the molecule is CCSc1nnc(NC(=O)c2cc(C(C)C)c(OC)cc2C)s1. The molecule has 23 heavy (non-hydrogen) atoms. The summed E-state index contributed by atoms with van der Waals surface area (Å²) in [5.41, 5.74) is 2.52. The summed E-state index contributed by atoms with van der Waals surface area (Å²) in [6.45, 7) is 8.11. The first-order chi connectivity index (χ1) is 11.0. The molecule has 0 unspecified atom stereocenters. The number of nitrogens with zero attached hydrogens (tertiary/aromatic N) is 2. The molecule has 1 aromatic heterocycles. The Hall–Kier alpha value is -1.60. The Morgan fingerprint density at radius 3 is 2.74 bits per heavy atom. The van der Waals surface area contributed by atoms with Crippen molar-refractivity contribution in [3.63, 3.8) is 0 Å². The number of aromatic nitrogens is 2. The van der Waals surface area contributed by atoms with Crippen molar-refractivity contribution in [3.8, 4) is 5.75 Å². The van der Waals surface area contributed by atoms with Gasteiger partial charge in [-0.1, -0.05) is 43.9 Å². The van der Waals surface area contributed by atoms with Gasteiger partial charge in [-0.15, -0.1) is 10.2 Å². The molecule has 1 heterocycles. The first-order valence-electron chi connectivity index (χ1n) is 7.42. The maximum atomic E-state index is 12.6. The summed E-state index contributed by atoms with van der Waals surface area (Å²) in [7, 11) is 1.65. The van der Waals surface area contributed by atoms with Crippen molar-refractivity contribution in [2.75, 3.05) is 18.2 Å². The third-order valence-electron chi connectivity index (χ3n) is 3.34. The zero-order valence-corrected chi connectivity index (χ0v) is 15.6. The number of benzene rings is 1. The average Bonchev–Trinajstić information content (AvgIpc) is 2.93. The van der Waals surface area contributed by atoms with Crippen LogP contribution >= 0.6 is 23.1 Å². The van der Waals surface area contributed by atoms with E-state index in [2.05, 4.69) is 36.3 Å². The summed E-state index contributed by atoms with van der Waals surface area (Å²) in [4.78, 5) is 12.6. The molecule has 1 N–H and O–H groups in total. The van der Waals surface area contributed by atoms with Crippen LogP contribution < -0.4 is 10.1 Å². The summed E-state index contributed by atoms with van der Waals surface area (Å²) < 4.78 is 6.27. The van der Waals surface area contributed by atoms with Crippen LogP contribution in [-0.2, 0) is 0 Å². The van der Waals surface area contributed by atoms with Crippen LogP contribution in [0.2, 0.25) is 0 Å². The first kappa shape index (κ1) is 17.7. The highest BCUT2D eigenvalue weighted by atomic mass is 32.2. The number of carbonyl (C=O) groups is 1. The molecular formula is C16H21N3O2S2. The van der Waals surface area contributed by atoms with Gasteiger partial charge in [0, 0.05) is 5.56 Å². The number of aryl methyl sites for hydroxylation is 1. The summed E-state index contributed by atoms with van der Waals surface area (Å²) in [5, 5.41) is 11.4.